The van der Waals surface area contributed by atoms with Crippen molar-refractivity contribution >= 4 is 29.5 Å². The van der Waals surface area contributed by atoms with E-state index >= 15 is 0 Å². The number of ether oxygens (including phenoxy) is 2. The average molecular weight is 374 g/mol. The Morgan fingerprint density at radius 3 is 2.70 bits per heavy atom. The number of para-hydroxylation sites is 2. The summed E-state index contributed by atoms with van der Waals surface area (Å²) in [5, 5.41) is 13.2. The predicted molar refractivity (Wildman–Crippen MR) is 96.2 cm³/mol. The maximum absolute atomic E-state index is 12.2. The van der Waals surface area contributed by atoms with Crippen molar-refractivity contribution < 1.29 is 28.4 Å². The molecule has 0 aliphatic heterocycles. The Bertz CT molecular complexity index is 857. The number of furan rings is 1. The zero-order chi connectivity index (χ0) is 19.8. The molecule has 0 unspecified atom stereocenters. The molecule has 0 spiro atoms. The summed E-state index contributed by atoms with van der Waals surface area (Å²) in [4.78, 5) is 33.8. The average Bonchev–Trinajstić information content (AvgIpc) is 3.11. The van der Waals surface area contributed by atoms with E-state index in [1.54, 1.807) is 24.3 Å². The van der Waals surface area contributed by atoms with Gasteiger partial charge in [-0.1, -0.05) is 12.1 Å². The van der Waals surface area contributed by atoms with Crippen LogP contribution in [0.15, 0.2) is 46.9 Å². The van der Waals surface area contributed by atoms with Crippen molar-refractivity contribution in [2.75, 3.05) is 11.9 Å². The maximum Gasteiger partial charge on any atom is 0.433 e. The minimum atomic E-state index is -1.07. The van der Waals surface area contributed by atoms with Crippen LogP contribution in [0.1, 0.15) is 19.6 Å². The molecule has 0 saturated heterocycles. The van der Waals surface area contributed by atoms with Crippen molar-refractivity contribution in [2.45, 2.75) is 20.0 Å². The molecule has 2 aromatic rings. The summed E-state index contributed by atoms with van der Waals surface area (Å²) in [5.41, 5.74) is 0.464. The van der Waals surface area contributed by atoms with Crippen molar-refractivity contribution in [3.8, 4) is 5.75 Å². The molecule has 0 saturated carbocycles. The third kappa shape index (κ3) is 5.70. The van der Waals surface area contributed by atoms with Gasteiger partial charge < -0.3 is 19.2 Å². The van der Waals surface area contributed by atoms with E-state index in [9.17, 15) is 19.7 Å². The number of nitrogens with one attached hydrogen (secondary N) is 1. The Kier molecular flexibility index (Phi) is 6.70. The first-order valence-electron chi connectivity index (χ1n) is 8.06. The van der Waals surface area contributed by atoms with E-state index in [-0.39, 0.29) is 5.76 Å². The first kappa shape index (κ1) is 19.7. The molecule has 0 bridgehead atoms. The molecule has 1 aromatic carbocycles. The minimum absolute atomic E-state index is 0.112. The minimum Gasteiger partial charge on any atom is -0.492 e. The van der Waals surface area contributed by atoms with Gasteiger partial charge >= 0.3 is 11.9 Å². The highest BCUT2D eigenvalue weighted by atomic mass is 16.6. The van der Waals surface area contributed by atoms with Gasteiger partial charge in [0, 0.05) is 6.08 Å². The van der Waals surface area contributed by atoms with E-state index in [0.717, 1.165) is 12.1 Å². The number of carbonyl (C=O) groups is 2. The molecule has 1 aromatic heterocycles. The van der Waals surface area contributed by atoms with Gasteiger partial charge in [-0.25, -0.2) is 4.79 Å². The normalized spacial score (nSPS) is 11.8. The third-order valence-corrected chi connectivity index (χ3v) is 3.28. The molecular formula is C18H18N2O7. The number of nitrogens with zero attached hydrogens (tertiary/aromatic N) is 1. The zero-order valence-electron chi connectivity index (χ0n) is 14.7. The summed E-state index contributed by atoms with van der Waals surface area (Å²) in [5.74, 6) is -1.15. The molecule has 142 valence electrons. The van der Waals surface area contributed by atoms with Gasteiger partial charge in [-0.2, -0.15) is 0 Å². The molecule has 2 rings (SSSR count). The summed E-state index contributed by atoms with van der Waals surface area (Å²) in [7, 11) is 0. The fourth-order valence-electron chi connectivity index (χ4n) is 2.03. The van der Waals surface area contributed by atoms with E-state index in [1.165, 1.54) is 19.1 Å². The summed E-state index contributed by atoms with van der Waals surface area (Å²) < 4.78 is 15.3. The molecule has 0 aliphatic carbocycles. The van der Waals surface area contributed by atoms with Crippen LogP contribution in [0.5, 0.6) is 5.75 Å². The number of amides is 1. The van der Waals surface area contributed by atoms with Crippen LogP contribution in [-0.2, 0) is 14.3 Å². The van der Waals surface area contributed by atoms with Gasteiger partial charge in [0.25, 0.3) is 5.91 Å². The first-order chi connectivity index (χ1) is 12.9. The number of benzene rings is 1. The molecule has 0 aliphatic rings. The molecule has 0 radical (unpaired) electrons. The summed E-state index contributed by atoms with van der Waals surface area (Å²) in [6.45, 7) is 3.68. The second kappa shape index (κ2) is 9.18. The van der Waals surface area contributed by atoms with Crippen LogP contribution < -0.4 is 10.1 Å². The molecule has 1 amide bonds. The van der Waals surface area contributed by atoms with Crippen molar-refractivity contribution in [3.05, 3.63) is 58.3 Å². The van der Waals surface area contributed by atoms with Crippen LogP contribution in [0, 0.1) is 10.1 Å². The van der Waals surface area contributed by atoms with Crippen molar-refractivity contribution in [3.63, 3.8) is 0 Å². The van der Waals surface area contributed by atoms with Crippen LogP contribution in [-0.4, -0.2) is 29.5 Å². The molecule has 1 N–H and O–H groups in total. The Labute approximate surface area is 154 Å². The maximum atomic E-state index is 12.2. The Morgan fingerprint density at radius 2 is 2.04 bits per heavy atom. The van der Waals surface area contributed by atoms with E-state index in [4.69, 9.17) is 13.9 Å². The Hall–Kier alpha value is -3.62. The lowest BCUT2D eigenvalue weighted by atomic mass is 10.2. The predicted octanol–water partition coefficient (Wildman–Crippen LogP) is 3.17. The van der Waals surface area contributed by atoms with Crippen LogP contribution in [0.2, 0.25) is 0 Å². The van der Waals surface area contributed by atoms with Gasteiger partial charge in [0.2, 0.25) is 0 Å². The number of hydrogen-bond acceptors (Lipinski definition) is 7. The summed E-state index contributed by atoms with van der Waals surface area (Å²) in [6, 6.07) is 9.38. The Balaban J connectivity index is 1.92. The zero-order valence-corrected chi connectivity index (χ0v) is 14.7. The van der Waals surface area contributed by atoms with Gasteiger partial charge in [0.1, 0.15) is 16.4 Å². The van der Waals surface area contributed by atoms with E-state index in [1.807, 2.05) is 6.92 Å². The number of rotatable bonds is 8. The quantitative estimate of drug-likeness (QED) is 0.326. The molecule has 0 fully saturated rings. The van der Waals surface area contributed by atoms with E-state index in [2.05, 4.69) is 5.32 Å². The third-order valence-electron chi connectivity index (χ3n) is 3.28. The fraction of sp³-hybridized carbons (Fsp3) is 0.222. The molecule has 9 heteroatoms. The molecule has 1 atom stereocenters. The number of anilines is 1. The van der Waals surface area contributed by atoms with Gasteiger partial charge in [-0.15, -0.1) is 0 Å². The largest absolute Gasteiger partial charge is 0.492 e. The highest BCUT2D eigenvalue weighted by Gasteiger charge is 2.18. The van der Waals surface area contributed by atoms with Crippen molar-refractivity contribution in [1.82, 2.24) is 0 Å². The summed E-state index contributed by atoms with van der Waals surface area (Å²) in [6.07, 6.45) is 1.16. The van der Waals surface area contributed by atoms with E-state index < -0.39 is 28.8 Å². The van der Waals surface area contributed by atoms with Crippen molar-refractivity contribution in [1.29, 1.82) is 0 Å². The second-order valence-electron chi connectivity index (χ2n) is 5.26. The monoisotopic (exact) mass is 374 g/mol. The van der Waals surface area contributed by atoms with Crippen LogP contribution in [0.25, 0.3) is 6.08 Å². The lowest BCUT2D eigenvalue weighted by molar-refractivity contribution is -0.402. The van der Waals surface area contributed by atoms with Gasteiger partial charge in [0.15, 0.2) is 6.10 Å². The fourth-order valence-corrected chi connectivity index (χ4v) is 2.03. The van der Waals surface area contributed by atoms with Gasteiger partial charge in [0.05, 0.1) is 18.4 Å². The number of esters is 1. The molecule has 27 heavy (non-hydrogen) atoms. The van der Waals surface area contributed by atoms with Gasteiger partial charge in [-0.05, 0) is 38.1 Å². The standard InChI is InChI=1S/C18H18N2O7/c1-3-25-15-7-5-4-6-14(15)19-18(22)12(2)26-17(21)11-9-13-8-10-16(27-13)20(23)24/h4-12H,3H2,1-2H3,(H,19,22)/b11-9+/t12-/m0/s1. The highest BCUT2D eigenvalue weighted by molar-refractivity contribution is 5.97. The van der Waals surface area contributed by atoms with Crippen LogP contribution in [0.4, 0.5) is 11.6 Å². The van der Waals surface area contributed by atoms with Crippen LogP contribution in [0.3, 0.4) is 0 Å². The topological polar surface area (TPSA) is 121 Å². The number of hydrogen-bond donors (Lipinski definition) is 1. The molecule has 1 heterocycles. The molecular weight excluding hydrogens is 356 g/mol. The van der Waals surface area contributed by atoms with Crippen LogP contribution >= 0.6 is 0 Å². The molecule has 9 nitrogen and oxygen atoms in total. The van der Waals surface area contributed by atoms with Crippen molar-refractivity contribution in [2.24, 2.45) is 0 Å². The first-order valence-corrected chi connectivity index (χ1v) is 8.06. The second-order valence-corrected chi connectivity index (χ2v) is 5.26. The summed E-state index contributed by atoms with van der Waals surface area (Å²) >= 11 is 0. The number of nitro groups is 1. The Morgan fingerprint density at radius 1 is 1.30 bits per heavy atom. The van der Waals surface area contributed by atoms with E-state index in [0.29, 0.717) is 18.0 Å². The smallest absolute Gasteiger partial charge is 0.433 e. The lowest BCUT2D eigenvalue weighted by Gasteiger charge is -2.14. The van der Waals surface area contributed by atoms with Gasteiger partial charge in [-0.3, -0.25) is 14.9 Å². The number of carbonyl (C=O) groups excluding carboxylic acids is 2. The lowest BCUT2D eigenvalue weighted by Crippen LogP contribution is -2.29. The highest BCUT2D eigenvalue weighted by Crippen LogP contribution is 2.24. The SMILES string of the molecule is CCOc1ccccc1NC(=O)[C@H](C)OC(=O)/C=C/c1ccc([N+](=O)[O-])o1.